The molecule has 2 aromatic rings. The summed E-state index contributed by atoms with van der Waals surface area (Å²) in [5.74, 6) is 1.04. The van der Waals surface area contributed by atoms with E-state index in [1.54, 1.807) is 31.4 Å². The largest absolute Gasteiger partial charge is 0.496 e. The fraction of sp³-hybridized carbons (Fsp3) is 0.314. The first-order valence-corrected chi connectivity index (χ1v) is 14.6. The number of ether oxygens (including phenoxy) is 2. The average molecular weight is 603 g/mol. The Hall–Kier alpha value is -4.09. The van der Waals surface area contributed by atoms with Crippen molar-refractivity contribution in [3.63, 3.8) is 0 Å². The lowest BCUT2D eigenvalue weighted by Gasteiger charge is -2.20. The van der Waals surface area contributed by atoms with Crippen LogP contribution in [0.2, 0.25) is 0 Å². The number of aryl methyl sites for hydroxylation is 2. The summed E-state index contributed by atoms with van der Waals surface area (Å²) in [4.78, 5) is 13.3. The molecule has 7 nitrogen and oxygen atoms in total. The van der Waals surface area contributed by atoms with Crippen molar-refractivity contribution in [2.75, 3.05) is 20.2 Å². The molecule has 0 spiro atoms. The van der Waals surface area contributed by atoms with Crippen molar-refractivity contribution in [1.29, 1.82) is 5.26 Å². The van der Waals surface area contributed by atoms with Gasteiger partial charge in [0.15, 0.2) is 0 Å². The molecule has 0 aliphatic carbocycles. The molecule has 228 valence electrons. The van der Waals surface area contributed by atoms with Gasteiger partial charge in [-0.15, -0.1) is 0 Å². The van der Waals surface area contributed by atoms with Crippen LogP contribution >= 0.6 is 11.6 Å². The lowest BCUT2D eigenvalue weighted by molar-refractivity contribution is -0.117. The SMILES string of the molecule is C=C(CNC(C)c1ccc(C)cc1)OC(=C\C)/C(=C/C(=C/Cl)C(=O)N[C@@H](CN)Cc1ccc(C#N)c(C)c1)C(=C\C)/OC. The Kier molecular flexibility index (Phi) is 14.5. The molecule has 0 heterocycles. The van der Waals surface area contributed by atoms with Gasteiger partial charge < -0.3 is 25.8 Å². The molecule has 0 bridgehead atoms. The van der Waals surface area contributed by atoms with E-state index >= 15 is 0 Å². The average Bonchev–Trinajstić information content (AvgIpc) is 3.00. The van der Waals surface area contributed by atoms with Crippen molar-refractivity contribution in [3.05, 3.63) is 129 Å². The Bertz CT molecular complexity index is 1430. The number of methoxy groups -OCH3 is 1. The fourth-order valence-electron chi connectivity index (χ4n) is 4.37. The number of benzene rings is 2. The number of rotatable bonds is 15. The number of nitriles is 1. The molecule has 2 atom stereocenters. The zero-order valence-corrected chi connectivity index (χ0v) is 26.7. The van der Waals surface area contributed by atoms with Crippen LogP contribution < -0.4 is 16.4 Å². The molecule has 4 N–H and O–H groups in total. The number of nitrogens with one attached hydrogen (secondary N) is 2. The lowest BCUT2D eigenvalue weighted by atomic mass is 10.0. The molecule has 0 aliphatic heterocycles. The van der Waals surface area contributed by atoms with Crippen LogP contribution in [0, 0.1) is 25.2 Å². The van der Waals surface area contributed by atoms with E-state index in [1.807, 2.05) is 32.9 Å². The predicted molar refractivity (Wildman–Crippen MR) is 175 cm³/mol. The van der Waals surface area contributed by atoms with E-state index < -0.39 is 5.91 Å². The van der Waals surface area contributed by atoms with Gasteiger partial charge in [-0.25, -0.2) is 0 Å². The summed E-state index contributed by atoms with van der Waals surface area (Å²) in [5, 5.41) is 15.6. The van der Waals surface area contributed by atoms with E-state index in [0.29, 0.717) is 41.4 Å². The van der Waals surface area contributed by atoms with E-state index in [1.165, 1.54) is 11.1 Å². The van der Waals surface area contributed by atoms with Crippen LogP contribution in [-0.2, 0) is 20.7 Å². The standard InChI is InChI=1S/C35H43ClN4O3/c1-8-33(42-7)32(34(9-2)43-25(5)22-39-26(6)28-13-10-23(3)11-14-28)18-30(19-36)35(41)40-31(21-38)17-27-12-15-29(20-37)24(4)16-27/h8-16,18-19,26,31,39H,5,17,21-22,38H2,1-4,6-7H3,(H,40,41)/b30-19-,32-18+,33-8+,34-9-/t26?,31-/m1/s1. The number of nitrogens with zero attached hydrogens (tertiary/aromatic N) is 1. The van der Waals surface area contributed by atoms with Gasteiger partial charge in [0.1, 0.15) is 17.3 Å². The Morgan fingerprint density at radius 1 is 1.14 bits per heavy atom. The maximum atomic E-state index is 13.3. The molecule has 0 saturated carbocycles. The van der Waals surface area contributed by atoms with Gasteiger partial charge in [-0.1, -0.05) is 60.1 Å². The number of halogens is 1. The Labute approximate surface area is 261 Å². The molecular formula is C35H43ClN4O3. The topological polar surface area (TPSA) is 109 Å². The second-order valence-electron chi connectivity index (χ2n) is 10.2. The first kappa shape index (κ1) is 35.1. The zero-order chi connectivity index (χ0) is 31.9. The van der Waals surface area contributed by atoms with Crippen molar-refractivity contribution in [1.82, 2.24) is 10.6 Å². The number of hydrogen-bond acceptors (Lipinski definition) is 6. The summed E-state index contributed by atoms with van der Waals surface area (Å²) in [5.41, 5.74) is 12.7. The highest BCUT2D eigenvalue weighted by Crippen LogP contribution is 2.26. The van der Waals surface area contributed by atoms with E-state index in [-0.39, 0.29) is 24.2 Å². The summed E-state index contributed by atoms with van der Waals surface area (Å²) >= 11 is 6.17. The molecule has 43 heavy (non-hydrogen) atoms. The van der Waals surface area contributed by atoms with Crippen molar-refractivity contribution in [3.8, 4) is 6.07 Å². The minimum absolute atomic E-state index is 0.0910. The van der Waals surface area contributed by atoms with E-state index in [2.05, 4.69) is 61.4 Å². The number of carbonyl (C=O) groups is 1. The molecule has 0 radical (unpaired) electrons. The van der Waals surface area contributed by atoms with Gasteiger partial charge in [0.05, 0.1) is 36.4 Å². The van der Waals surface area contributed by atoms with Crippen LogP contribution in [0.5, 0.6) is 0 Å². The van der Waals surface area contributed by atoms with E-state index in [9.17, 15) is 10.1 Å². The predicted octanol–water partition coefficient (Wildman–Crippen LogP) is 6.55. The number of carbonyl (C=O) groups excluding carboxylic acids is 1. The highest BCUT2D eigenvalue weighted by molar-refractivity contribution is 6.28. The van der Waals surface area contributed by atoms with Crippen molar-refractivity contribution >= 4 is 17.5 Å². The molecule has 0 aliphatic rings. The smallest absolute Gasteiger partial charge is 0.252 e. The van der Waals surface area contributed by atoms with Gasteiger partial charge in [0, 0.05) is 24.2 Å². The Morgan fingerprint density at radius 2 is 1.81 bits per heavy atom. The normalized spacial score (nSPS) is 14.0. The molecule has 2 rings (SSSR count). The third-order valence-electron chi connectivity index (χ3n) is 6.90. The number of hydrogen-bond donors (Lipinski definition) is 3. The highest BCUT2D eigenvalue weighted by atomic mass is 35.5. The summed E-state index contributed by atoms with van der Waals surface area (Å²) in [6.07, 6.45) is 5.67. The van der Waals surface area contributed by atoms with Gasteiger partial charge in [-0.2, -0.15) is 5.26 Å². The lowest BCUT2D eigenvalue weighted by Crippen LogP contribution is -2.42. The second kappa shape index (κ2) is 17.8. The van der Waals surface area contributed by atoms with Gasteiger partial charge >= 0.3 is 0 Å². The maximum absolute atomic E-state index is 13.3. The molecule has 1 amide bonds. The quantitative estimate of drug-likeness (QED) is 0.121. The monoisotopic (exact) mass is 602 g/mol. The first-order valence-electron chi connectivity index (χ1n) is 14.2. The highest BCUT2D eigenvalue weighted by Gasteiger charge is 2.19. The van der Waals surface area contributed by atoms with Crippen LogP contribution in [-0.4, -0.2) is 32.1 Å². The van der Waals surface area contributed by atoms with Crippen LogP contribution in [0.1, 0.15) is 54.6 Å². The molecule has 1 unspecified atom stereocenters. The van der Waals surface area contributed by atoms with E-state index in [4.69, 9.17) is 26.8 Å². The maximum Gasteiger partial charge on any atom is 0.252 e. The molecule has 0 saturated heterocycles. The number of nitrogens with two attached hydrogens (primary N) is 1. The summed E-state index contributed by atoms with van der Waals surface area (Å²) < 4.78 is 11.8. The van der Waals surface area contributed by atoms with E-state index in [0.717, 1.165) is 16.7 Å². The summed E-state index contributed by atoms with van der Waals surface area (Å²) in [6, 6.07) is 15.8. The molecular weight excluding hydrogens is 560 g/mol. The van der Waals surface area contributed by atoms with Crippen LogP contribution in [0.4, 0.5) is 0 Å². The third kappa shape index (κ3) is 10.6. The second-order valence-corrected chi connectivity index (χ2v) is 10.4. The van der Waals surface area contributed by atoms with Gasteiger partial charge in [-0.05, 0) is 82.0 Å². The fourth-order valence-corrected chi connectivity index (χ4v) is 4.54. The van der Waals surface area contributed by atoms with Crippen LogP contribution in [0.25, 0.3) is 0 Å². The van der Waals surface area contributed by atoms with Gasteiger partial charge in [0.25, 0.3) is 5.91 Å². The third-order valence-corrected chi connectivity index (χ3v) is 7.14. The summed E-state index contributed by atoms with van der Waals surface area (Å²) in [6.45, 7) is 14.4. The molecule has 0 aromatic heterocycles. The van der Waals surface area contributed by atoms with Gasteiger partial charge in [0.2, 0.25) is 0 Å². The van der Waals surface area contributed by atoms with Crippen molar-refractivity contribution in [2.24, 2.45) is 5.73 Å². The molecule has 8 heteroatoms. The number of amides is 1. The van der Waals surface area contributed by atoms with Gasteiger partial charge in [-0.3, -0.25) is 4.79 Å². The minimum Gasteiger partial charge on any atom is -0.496 e. The Balaban J connectivity index is 2.20. The number of allylic oxidation sites excluding steroid dienone is 2. The van der Waals surface area contributed by atoms with Crippen molar-refractivity contribution < 1.29 is 14.3 Å². The zero-order valence-electron chi connectivity index (χ0n) is 26.0. The van der Waals surface area contributed by atoms with Crippen LogP contribution in [0.15, 0.2) is 101 Å². The van der Waals surface area contributed by atoms with Crippen LogP contribution in [0.3, 0.4) is 0 Å². The van der Waals surface area contributed by atoms with Crippen molar-refractivity contribution in [2.45, 2.75) is 53.1 Å². The molecule has 0 fully saturated rings. The first-order chi connectivity index (χ1) is 20.6. The summed E-state index contributed by atoms with van der Waals surface area (Å²) in [7, 11) is 1.55. The molecule has 2 aromatic carbocycles. The Morgan fingerprint density at radius 3 is 2.35 bits per heavy atom. The minimum atomic E-state index is -0.400.